The predicted octanol–water partition coefficient (Wildman–Crippen LogP) is 3.20. The van der Waals surface area contributed by atoms with E-state index in [9.17, 15) is 0 Å². The quantitative estimate of drug-likeness (QED) is 0.696. The van der Waals surface area contributed by atoms with Crippen molar-refractivity contribution in [2.75, 3.05) is 0 Å². The van der Waals surface area contributed by atoms with Crippen molar-refractivity contribution in [1.29, 1.82) is 0 Å². The number of rotatable bonds is 2. The minimum Gasteiger partial charge on any atom is -0.218 e. The first kappa shape index (κ1) is 9.45. The van der Waals surface area contributed by atoms with Crippen LogP contribution in [0.3, 0.4) is 0 Å². The average molecular weight is 198 g/mol. The predicted molar refractivity (Wildman–Crippen MR) is 57.4 cm³/mol. The Morgan fingerprint density at radius 1 is 0.933 bits per heavy atom. The summed E-state index contributed by atoms with van der Waals surface area (Å²) in [5.74, 6) is 0.376. The lowest BCUT2D eigenvalue weighted by molar-refractivity contribution is 1.06. The molecule has 15 heavy (non-hydrogen) atoms. The van der Waals surface area contributed by atoms with E-state index in [1.165, 1.54) is 0 Å². The SMILES string of the molecule is Cc1ccccc1N=Nc1ncccn1. The maximum atomic E-state index is 4.08. The highest BCUT2D eigenvalue weighted by Gasteiger charge is 1.94. The molecule has 4 heteroatoms. The molecule has 74 valence electrons. The van der Waals surface area contributed by atoms with Crippen molar-refractivity contribution >= 4 is 11.6 Å². The van der Waals surface area contributed by atoms with Crippen LogP contribution >= 0.6 is 0 Å². The Labute approximate surface area is 87.7 Å². The second-order valence-electron chi connectivity index (χ2n) is 3.04. The van der Waals surface area contributed by atoms with Crippen molar-refractivity contribution in [2.24, 2.45) is 10.2 Å². The van der Waals surface area contributed by atoms with Gasteiger partial charge >= 0.3 is 0 Å². The van der Waals surface area contributed by atoms with Gasteiger partial charge in [-0.2, -0.15) is 0 Å². The molecule has 0 aliphatic heterocycles. The zero-order valence-electron chi connectivity index (χ0n) is 8.33. The lowest BCUT2D eigenvalue weighted by Gasteiger charge is -1.95. The van der Waals surface area contributed by atoms with E-state index in [4.69, 9.17) is 0 Å². The van der Waals surface area contributed by atoms with Crippen LogP contribution in [-0.2, 0) is 0 Å². The minimum absolute atomic E-state index is 0.376. The van der Waals surface area contributed by atoms with Crippen LogP contribution in [0.2, 0.25) is 0 Å². The summed E-state index contributed by atoms with van der Waals surface area (Å²) in [5.41, 5.74) is 1.92. The van der Waals surface area contributed by atoms with Crippen molar-refractivity contribution in [1.82, 2.24) is 9.97 Å². The molecule has 0 radical (unpaired) electrons. The molecule has 2 rings (SSSR count). The van der Waals surface area contributed by atoms with Gasteiger partial charge in [0.25, 0.3) is 5.95 Å². The summed E-state index contributed by atoms with van der Waals surface area (Å²) in [7, 11) is 0. The number of aromatic nitrogens is 2. The Morgan fingerprint density at radius 2 is 1.67 bits per heavy atom. The van der Waals surface area contributed by atoms with Crippen molar-refractivity contribution < 1.29 is 0 Å². The highest BCUT2D eigenvalue weighted by Crippen LogP contribution is 2.18. The molecule has 0 bridgehead atoms. The zero-order valence-corrected chi connectivity index (χ0v) is 8.33. The van der Waals surface area contributed by atoms with Gasteiger partial charge in [0.1, 0.15) is 0 Å². The Morgan fingerprint density at radius 3 is 2.40 bits per heavy atom. The smallest absolute Gasteiger partial charge is 0.218 e. The van der Waals surface area contributed by atoms with Crippen molar-refractivity contribution in [3.63, 3.8) is 0 Å². The van der Waals surface area contributed by atoms with Crippen LogP contribution in [0.25, 0.3) is 0 Å². The number of azo groups is 1. The molecule has 0 saturated heterocycles. The van der Waals surface area contributed by atoms with Gasteiger partial charge in [0.15, 0.2) is 0 Å². The zero-order chi connectivity index (χ0) is 10.5. The molecule has 0 aliphatic carbocycles. The highest BCUT2D eigenvalue weighted by atomic mass is 15.2. The number of benzene rings is 1. The molecule has 2 aromatic rings. The third kappa shape index (κ3) is 2.43. The summed E-state index contributed by atoms with van der Waals surface area (Å²) in [5, 5.41) is 8.02. The molecule has 0 N–H and O–H groups in total. The van der Waals surface area contributed by atoms with Gasteiger partial charge in [-0.25, -0.2) is 9.97 Å². The first-order chi connectivity index (χ1) is 7.36. The number of hydrogen-bond donors (Lipinski definition) is 0. The summed E-state index contributed by atoms with van der Waals surface area (Å²) < 4.78 is 0. The van der Waals surface area contributed by atoms with E-state index in [1.54, 1.807) is 18.5 Å². The molecule has 0 amide bonds. The minimum atomic E-state index is 0.376. The van der Waals surface area contributed by atoms with Gasteiger partial charge in [-0.3, -0.25) is 0 Å². The molecule has 4 nitrogen and oxygen atoms in total. The fraction of sp³-hybridized carbons (Fsp3) is 0.0909. The van der Waals surface area contributed by atoms with E-state index < -0.39 is 0 Å². The van der Waals surface area contributed by atoms with Gasteiger partial charge in [0, 0.05) is 12.4 Å². The first-order valence-corrected chi connectivity index (χ1v) is 4.60. The van der Waals surface area contributed by atoms with E-state index in [0.717, 1.165) is 11.3 Å². The summed E-state index contributed by atoms with van der Waals surface area (Å²) in [6.07, 6.45) is 3.28. The van der Waals surface area contributed by atoms with Crippen LogP contribution < -0.4 is 0 Å². The Balaban J connectivity index is 2.23. The molecule has 1 heterocycles. The average Bonchev–Trinajstić information content (AvgIpc) is 2.29. The normalized spacial score (nSPS) is 10.7. The van der Waals surface area contributed by atoms with Crippen LogP contribution in [0.5, 0.6) is 0 Å². The van der Waals surface area contributed by atoms with Gasteiger partial charge in [0.05, 0.1) is 5.69 Å². The highest BCUT2D eigenvalue weighted by molar-refractivity contribution is 5.44. The summed E-state index contributed by atoms with van der Waals surface area (Å²) in [6, 6.07) is 9.52. The fourth-order valence-electron chi connectivity index (χ4n) is 1.12. The topological polar surface area (TPSA) is 50.5 Å². The fourth-order valence-corrected chi connectivity index (χ4v) is 1.12. The van der Waals surface area contributed by atoms with Crippen LogP contribution in [0.4, 0.5) is 11.6 Å². The second kappa shape index (κ2) is 4.41. The van der Waals surface area contributed by atoms with E-state index in [1.807, 2.05) is 31.2 Å². The maximum absolute atomic E-state index is 4.08. The van der Waals surface area contributed by atoms with Crippen LogP contribution in [0, 0.1) is 6.92 Å². The van der Waals surface area contributed by atoms with E-state index >= 15 is 0 Å². The van der Waals surface area contributed by atoms with E-state index in [2.05, 4.69) is 20.2 Å². The second-order valence-corrected chi connectivity index (χ2v) is 3.04. The van der Waals surface area contributed by atoms with Crippen molar-refractivity contribution in [3.8, 4) is 0 Å². The first-order valence-electron chi connectivity index (χ1n) is 4.60. The Bertz CT molecular complexity index is 465. The summed E-state index contributed by atoms with van der Waals surface area (Å²) in [4.78, 5) is 7.90. The van der Waals surface area contributed by atoms with Gasteiger partial charge in [-0.1, -0.05) is 18.2 Å². The Kier molecular flexibility index (Phi) is 2.78. The molecule has 0 unspecified atom stereocenters. The third-order valence-corrected chi connectivity index (χ3v) is 1.91. The number of hydrogen-bond acceptors (Lipinski definition) is 4. The number of nitrogens with zero attached hydrogens (tertiary/aromatic N) is 4. The standard InChI is InChI=1S/C11H10N4/c1-9-5-2-3-6-10(9)14-15-11-12-7-4-8-13-11/h2-8H,1H3. The van der Waals surface area contributed by atoms with Crippen LogP contribution in [0.15, 0.2) is 53.0 Å². The van der Waals surface area contributed by atoms with Gasteiger partial charge in [-0.15, -0.1) is 10.2 Å². The van der Waals surface area contributed by atoms with Crippen molar-refractivity contribution in [3.05, 3.63) is 48.3 Å². The third-order valence-electron chi connectivity index (χ3n) is 1.91. The molecule has 0 saturated carbocycles. The molecule has 0 atom stereocenters. The van der Waals surface area contributed by atoms with Crippen LogP contribution in [0.1, 0.15) is 5.56 Å². The van der Waals surface area contributed by atoms with Gasteiger partial charge in [-0.05, 0) is 24.6 Å². The Hall–Kier alpha value is -2.10. The molecular weight excluding hydrogens is 188 g/mol. The molecule has 0 aliphatic rings. The van der Waals surface area contributed by atoms with Gasteiger partial charge < -0.3 is 0 Å². The molecule has 0 spiro atoms. The van der Waals surface area contributed by atoms with Gasteiger partial charge in [0.2, 0.25) is 0 Å². The summed E-state index contributed by atoms with van der Waals surface area (Å²) in [6.45, 7) is 1.99. The molecule has 1 aromatic heterocycles. The molecule has 1 aromatic carbocycles. The number of aryl methyl sites for hydroxylation is 1. The van der Waals surface area contributed by atoms with Crippen LogP contribution in [-0.4, -0.2) is 9.97 Å². The lowest BCUT2D eigenvalue weighted by Crippen LogP contribution is -1.76. The largest absolute Gasteiger partial charge is 0.268 e. The molecular formula is C11H10N4. The molecule has 0 fully saturated rings. The van der Waals surface area contributed by atoms with Crippen molar-refractivity contribution in [2.45, 2.75) is 6.92 Å². The lowest BCUT2D eigenvalue weighted by atomic mass is 10.2. The maximum Gasteiger partial charge on any atom is 0.268 e. The van der Waals surface area contributed by atoms with E-state index in [0.29, 0.717) is 5.95 Å². The van der Waals surface area contributed by atoms with E-state index in [-0.39, 0.29) is 0 Å². The monoisotopic (exact) mass is 198 g/mol. The summed E-state index contributed by atoms with van der Waals surface area (Å²) >= 11 is 0.